The zero-order valence-electron chi connectivity index (χ0n) is 12.2. The smallest absolute Gasteiger partial charge is 0.320 e. The molecule has 10 heteroatoms. The lowest BCUT2D eigenvalue weighted by Crippen LogP contribution is -1.88. The van der Waals surface area contributed by atoms with E-state index in [-0.39, 0.29) is 13.2 Å². The maximum atomic E-state index is 11.6. The Hall–Kier alpha value is -1.51. The molecule has 2 aromatic heterocycles. The Kier molecular flexibility index (Phi) is 6.75. The fraction of sp³-hybridized carbons (Fsp3) is 0.500. The Morgan fingerprint density at radius 3 is 1.77 bits per heavy atom. The summed E-state index contributed by atoms with van der Waals surface area (Å²) in [7, 11) is 0.431. The number of nitrogens with zero attached hydrogens (tertiary/aromatic N) is 2. The molecular weight excluding hydrogens is 315 g/mol. The van der Waals surface area contributed by atoms with Gasteiger partial charge in [0.2, 0.25) is 0 Å². The Bertz CT molecular complexity index is 548. The molecule has 2 aromatic rings. The van der Waals surface area contributed by atoms with Crippen molar-refractivity contribution in [2.45, 2.75) is 26.4 Å². The Labute approximate surface area is 127 Å². The fourth-order valence-corrected chi connectivity index (χ4v) is 2.18. The summed E-state index contributed by atoms with van der Waals surface area (Å²) < 4.78 is 41.5. The van der Waals surface area contributed by atoms with Crippen LogP contribution in [0.1, 0.15) is 22.9 Å². The van der Waals surface area contributed by atoms with Gasteiger partial charge in [0.15, 0.2) is 11.5 Å². The van der Waals surface area contributed by atoms with Gasteiger partial charge in [0.05, 0.1) is 13.2 Å². The molecule has 0 bridgehead atoms. The van der Waals surface area contributed by atoms with Crippen molar-refractivity contribution in [3.8, 4) is 0 Å². The molecule has 122 valence electrons. The molecule has 2 heterocycles. The van der Waals surface area contributed by atoms with Gasteiger partial charge in [-0.1, -0.05) is 10.3 Å². The third kappa shape index (κ3) is 5.36. The SMILES string of the molecule is COCc1cc(CO[PH](=O)OCc2cc(COC)no2)on1. The van der Waals surface area contributed by atoms with E-state index < -0.39 is 8.25 Å². The molecule has 22 heavy (non-hydrogen) atoms. The van der Waals surface area contributed by atoms with E-state index in [0.29, 0.717) is 36.1 Å². The lowest BCUT2D eigenvalue weighted by Gasteiger charge is -2.01. The largest absolute Gasteiger partial charge is 0.378 e. The number of hydrogen-bond acceptors (Lipinski definition) is 9. The Morgan fingerprint density at radius 2 is 1.36 bits per heavy atom. The predicted octanol–water partition coefficient (Wildman–Crippen LogP) is 2.08. The third-order valence-corrected chi connectivity index (χ3v) is 3.22. The van der Waals surface area contributed by atoms with Crippen molar-refractivity contribution in [3.05, 3.63) is 35.0 Å². The van der Waals surface area contributed by atoms with Crippen LogP contribution < -0.4 is 0 Å². The summed E-state index contributed by atoms with van der Waals surface area (Å²) in [6.07, 6.45) is 0. The first-order valence-electron chi connectivity index (χ1n) is 6.37. The molecule has 0 fully saturated rings. The Balaban J connectivity index is 1.70. The highest BCUT2D eigenvalue weighted by Crippen LogP contribution is 2.27. The van der Waals surface area contributed by atoms with Gasteiger partial charge in [-0.05, 0) is 0 Å². The minimum Gasteiger partial charge on any atom is -0.378 e. The van der Waals surface area contributed by atoms with E-state index in [1.165, 1.54) is 0 Å². The average Bonchev–Trinajstić information content (AvgIpc) is 3.13. The van der Waals surface area contributed by atoms with Crippen LogP contribution in [0.15, 0.2) is 21.2 Å². The second kappa shape index (κ2) is 8.82. The van der Waals surface area contributed by atoms with Gasteiger partial charge < -0.3 is 27.6 Å². The first-order valence-corrected chi connectivity index (χ1v) is 7.60. The zero-order chi connectivity index (χ0) is 15.8. The number of hydrogen-bond donors (Lipinski definition) is 0. The molecule has 0 radical (unpaired) electrons. The number of ether oxygens (including phenoxy) is 2. The van der Waals surface area contributed by atoms with E-state index in [1.54, 1.807) is 26.4 Å². The van der Waals surface area contributed by atoms with Gasteiger partial charge in [-0.2, -0.15) is 0 Å². The molecule has 0 unspecified atom stereocenters. The van der Waals surface area contributed by atoms with Gasteiger partial charge in [-0.25, -0.2) is 0 Å². The summed E-state index contributed by atoms with van der Waals surface area (Å²) in [6.45, 7) is 0.675. The normalized spacial score (nSPS) is 11.4. The van der Waals surface area contributed by atoms with E-state index >= 15 is 0 Å². The number of aromatic nitrogens is 2. The molecule has 0 spiro atoms. The highest BCUT2D eigenvalue weighted by atomic mass is 31.1. The summed E-state index contributed by atoms with van der Waals surface area (Å²) >= 11 is 0. The molecule has 2 rings (SSSR count). The van der Waals surface area contributed by atoms with Crippen molar-refractivity contribution >= 4 is 8.25 Å². The van der Waals surface area contributed by atoms with Crippen LogP contribution in [0.5, 0.6) is 0 Å². The maximum Gasteiger partial charge on any atom is 0.320 e. The van der Waals surface area contributed by atoms with E-state index in [2.05, 4.69) is 10.3 Å². The molecule has 9 nitrogen and oxygen atoms in total. The minimum atomic E-state index is -2.68. The van der Waals surface area contributed by atoms with E-state index in [4.69, 9.17) is 27.6 Å². The molecule has 0 aliphatic rings. The van der Waals surface area contributed by atoms with Gasteiger partial charge in [0, 0.05) is 26.4 Å². The number of methoxy groups -OCH3 is 2. The van der Waals surface area contributed by atoms with Crippen LogP contribution in [-0.2, 0) is 49.5 Å². The highest BCUT2D eigenvalue weighted by molar-refractivity contribution is 7.33. The molecule has 0 atom stereocenters. The van der Waals surface area contributed by atoms with Crippen LogP contribution in [0.2, 0.25) is 0 Å². The van der Waals surface area contributed by atoms with Gasteiger partial charge >= 0.3 is 8.25 Å². The first-order chi connectivity index (χ1) is 10.7. The van der Waals surface area contributed by atoms with Crippen molar-refractivity contribution in [2.24, 2.45) is 0 Å². The molecule has 0 saturated heterocycles. The van der Waals surface area contributed by atoms with Crippen molar-refractivity contribution in [3.63, 3.8) is 0 Å². The molecule has 0 saturated carbocycles. The molecule has 0 aliphatic carbocycles. The second-order valence-corrected chi connectivity index (χ2v) is 5.34. The number of rotatable bonds is 10. The van der Waals surface area contributed by atoms with E-state index in [9.17, 15) is 4.57 Å². The van der Waals surface area contributed by atoms with Crippen molar-refractivity contribution in [1.82, 2.24) is 10.3 Å². The van der Waals surface area contributed by atoms with E-state index in [0.717, 1.165) is 0 Å². The third-order valence-electron chi connectivity index (χ3n) is 2.46. The zero-order valence-corrected chi connectivity index (χ0v) is 13.2. The van der Waals surface area contributed by atoms with Gasteiger partial charge in [-0.15, -0.1) is 0 Å². The lowest BCUT2D eigenvalue weighted by molar-refractivity contribution is 0.170. The van der Waals surface area contributed by atoms with Crippen molar-refractivity contribution < 1.29 is 32.1 Å². The predicted molar refractivity (Wildman–Crippen MR) is 73.0 cm³/mol. The van der Waals surface area contributed by atoms with Gasteiger partial charge in [-0.3, -0.25) is 4.57 Å². The van der Waals surface area contributed by atoms with Crippen LogP contribution in [0, 0.1) is 0 Å². The lowest BCUT2D eigenvalue weighted by atomic mass is 10.4. The fourth-order valence-electron chi connectivity index (χ4n) is 1.58. The molecule has 0 aromatic carbocycles. The molecule has 0 N–H and O–H groups in total. The van der Waals surface area contributed by atoms with Gasteiger partial charge in [0.1, 0.15) is 24.6 Å². The Morgan fingerprint density at radius 1 is 0.909 bits per heavy atom. The summed E-state index contributed by atoms with van der Waals surface area (Å²) in [5, 5.41) is 7.50. The van der Waals surface area contributed by atoms with E-state index in [1.807, 2.05) is 0 Å². The molecular formula is C12H17N2O7P. The summed E-state index contributed by atoms with van der Waals surface area (Å²) in [6, 6.07) is 3.32. The van der Waals surface area contributed by atoms with Crippen LogP contribution in [0.4, 0.5) is 0 Å². The molecule has 0 aliphatic heterocycles. The van der Waals surface area contributed by atoms with Gasteiger partial charge in [0.25, 0.3) is 0 Å². The van der Waals surface area contributed by atoms with Crippen molar-refractivity contribution in [1.29, 1.82) is 0 Å². The van der Waals surface area contributed by atoms with Crippen LogP contribution in [0.3, 0.4) is 0 Å². The average molecular weight is 332 g/mol. The maximum absolute atomic E-state index is 11.6. The van der Waals surface area contributed by atoms with Crippen molar-refractivity contribution in [2.75, 3.05) is 14.2 Å². The second-order valence-electron chi connectivity index (χ2n) is 4.26. The topological polar surface area (TPSA) is 106 Å². The van der Waals surface area contributed by atoms with Crippen LogP contribution in [0.25, 0.3) is 0 Å². The quantitative estimate of drug-likeness (QED) is 0.604. The summed E-state index contributed by atoms with van der Waals surface area (Å²) in [5.74, 6) is 0.882. The summed E-state index contributed by atoms with van der Waals surface area (Å²) in [4.78, 5) is 0. The highest BCUT2D eigenvalue weighted by Gasteiger charge is 2.09. The minimum absolute atomic E-state index is 0.000159. The first kappa shape index (κ1) is 16.9. The van der Waals surface area contributed by atoms with Crippen LogP contribution >= 0.6 is 8.25 Å². The summed E-state index contributed by atoms with van der Waals surface area (Å²) in [5.41, 5.74) is 1.27. The molecule has 0 amide bonds. The van der Waals surface area contributed by atoms with Crippen LogP contribution in [-0.4, -0.2) is 24.5 Å². The monoisotopic (exact) mass is 332 g/mol. The standard InChI is InChI=1S/C12H17N2O7P/c1-16-5-9-3-11(20-13-9)7-18-22(15)19-8-12-4-10(6-17-2)14-21-12/h3-4,22H,5-8H2,1-2H3.